The van der Waals surface area contributed by atoms with Gasteiger partial charge in [0.2, 0.25) is 0 Å². The van der Waals surface area contributed by atoms with Crippen LogP contribution in [0, 0.1) is 5.82 Å². The SMILES string of the molecule is COc1ccc(F)cc1[C@@H]1NC(=O)OCC1(F)F.Cl. The van der Waals surface area contributed by atoms with E-state index in [1.807, 2.05) is 5.32 Å². The molecule has 1 heterocycles. The normalized spacial score (nSPS) is 20.8. The molecule has 8 heteroatoms. The number of ether oxygens (including phenoxy) is 2. The molecule has 1 aromatic carbocycles. The molecule has 1 amide bonds. The van der Waals surface area contributed by atoms with Gasteiger partial charge in [-0.1, -0.05) is 0 Å². The molecule has 1 N–H and O–H groups in total. The summed E-state index contributed by atoms with van der Waals surface area (Å²) in [7, 11) is 1.27. The Morgan fingerprint density at radius 1 is 1.47 bits per heavy atom. The highest BCUT2D eigenvalue weighted by Gasteiger charge is 2.48. The Morgan fingerprint density at radius 3 is 2.79 bits per heavy atom. The average Bonchev–Trinajstić information content (AvgIpc) is 2.32. The van der Waals surface area contributed by atoms with E-state index in [1.54, 1.807) is 0 Å². The van der Waals surface area contributed by atoms with Crippen molar-refractivity contribution in [1.29, 1.82) is 0 Å². The number of methoxy groups -OCH3 is 1. The number of carbonyl (C=O) groups is 1. The van der Waals surface area contributed by atoms with E-state index in [0.29, 0.717) is 0 Å². The molecule has 1 fully saturated rings. The van der Waals surface area contributed by atoms with Gasteiger partial charge in [-0.3, -0.25) is 0 Å². The number of halogens is 4. The number of benzene rings is 1. The van der Waals surface area contributed by atoms with Crippen LogP contribution in [0.3, 0.4) is 0 Å². The van der Waals surface area contributed by atoms with Crippen molar-refractivity contribution in [2.45, 2.75) is 12.0 Å². The molecule has 4 nitrogen and oxygen atoms in total. The van der Waals surface area contributed by atoms with Crippen LogP contribution in [0.2, 0.25) is 0 Å². The van der Waals surface area contributed by atoms with Crippen molar-refractivity contribution in [2.75, 3.05) is 13.7 Å². The Bertz CT molecular complexity index is 484. The zero-order valence-electron chi connectivity index (χ0n) is 9.78. The smallest absolute Gasteiger partial charge is 0.408 e. The summed E-state index contributed by atoms with van der Waals surface area (Å²) in [5.74, 6) is -3.96. The fourth-order valence-corrected chi connectivity index (χ4v) is 1.75. The minimum absolute atomic E-state index is 0. The monoisotopic (exact) mass is 297 g/mol. The van der Waals surface area contributed by atoms with E-state index in [2.05, 4.69) is 4.74 Å². The third-order valence-electron chi connectivity index (χ3n) is 2.58. The lowest BCUT2D eigenvalue weighted by Gasteiger charge is -2.32. The highest BCUT2D eigenvalue weighted by molar-refractivity contribution is 5.85. The summed E-state index contributed by atoms with van der Waals surface area (Å²) < 4.78 is 49.6. The standard InChI is InChI=1S/C11H10F3NO3.ClH/c1-17-8-3-2-6(12)4-7(8)9-11(13,14)5-18-10(16)15-9;/h2-4,9H,5H2,1H3,(H,15,16);1H/t9-;/m0./s1. The van der Waals surface area contributed by atoms with E-state index >= 15 is 0 Å². The lowest BCUT2D eigenvalue weighted by molar-refractivity contribution is -0.104. The summed E-state index contributed by atoms with van der Waals surface area (Å²) in [6, 6.07) is 1.54. The average molecular weight is 298 g/mol. The van der Waals surface area contributed by atoms with Crippen molar-refractivity contribution < 1.29 is 27.4 Å². The highest BCUT2D eigenvalue weighted by atomic mass is 35.5. The van der Waals surface area contributed by atoms with Gasteiger partial charge < -0.3 is 14.8 Å². The van der Waals surface area contributed by atoms with Crippen molar-refractivity contribution in [3.05, 3.63) is 29.6 Å². The zero-order chi connectivity index (χ0) is 13.3. The van der Waals surface area contributed by atoms with Gasteiger partial charge in [-0.25, -0.2) is 18.0 Å². The van der Waals surface area contributed by atoms with Gasteiger partial charge >= 0.3 is 12.0 Å². The second-order valence-corrected chi connectivity index (χ2v) is 3.80. The number of cyclic esters (lactones) is 1. The molecule has 0 aromatic heterocycles. The van der Waals surface area contributed by atoms with Crippen LogP contribution in [0.4, 0.5) is 18.0 Å². The number of hydrogen-bond donors (Lipinski definition) is 1. The Morgan fingerprint density at radius 2 is 2.16 bits per heavy atom. The molecule has 1 saturated heterocycles. The molecule has 1 aliphatic heterocycles. The van der Waals surface area contributed by atoms with Crippen molar-refractivity contribution in [2.24, 2.45) is 0 Å². The number of alkyl carbamates (subject to hydrolysis) is 1. The minimum Gasteiger partial charge on any atom is -0.496 e. The van der Waals surface area contributed by atoms with E-state index < -0.39 is 30.5 Å². The van der Waals surface area contributed by atoms with Gasteiger partial charge in [0.05, 0.1) is 7.11 Å². The van der Waals surface area contributed by atoms with Gasteiger partial charge in [0, 0.05) is 5.56 Å². The predicted molar refractivity (Wildman–Crippen MR) is 62.4 cm³/mol. The van der Waals surface area contributed by atoms with Gasteiger partial charge in [-0.05, 0) is 18.2 Å². The summed E-state index contributed by atoms with van der Waals surface area (Å²) in [5, 5.41) is 1.97. The van der Waals surface area contributed by atoms with Crippen LogP contribution in [-0.2, 0) is 4.74 Å². The molecule has 1 aliphatic rings. The maximum absolute atomic E-state index is 13.7. The van der Waals surface area contributed by atoms with Gasteiger partial charge in [0.15, 0.2) is 6.61 Å². The third-order valence-corrected chi connectivity index (χ3v) is 2.58. The first-order valence-electron chi connectivity index (χ1n) is 5.08. The maximum Gasteiger partial charge on any atom is 0.408 e. The first kappa shape index (κ1) is 15.4. The molecule has 0 unspecified atom stereocenters. The first-order chi connectivity index (χ1) is 8.44. The molecule has 0 saturated carbocycles. The van der Waals surface area contributed by atoms with Gasteiger partial charge in [-0.15, -0.1) is 12.4 Å². The fraction of sp³-hybridized carbons (Fsp3) is 0.364. The Labute approximate surface area is 113 Å². The Kier molecular flexibility index (Phi) is 4.52. The maximum atomic E-state index is 13.7. The van der Waals surface area contributed by atoms with Gasteiger partial charge in [-0.2, -0.15) is 0 Å². The number of hydrogen-bond acceptors (Lipinski definition) is 3. The van der Waals surface area contributed by atoms with Gasteiger partial charge in [0.25, 0.3) is 0 Å². The van der Waals surface area contributed by atoms with Crippen LogP contribution in [0.15, 0.2) is 18.2 Å². The lowest BCUT2D eigenvalue weighted by Crippen LogP contribution is -2.49. The second-order valence-electron chi connectivity index (χ2n) is 3.80. The molecule has 1 atom stereocenters. The summed E-state index contributed by atoms with van der Waals surface area (Å²) in [4.78, 5) is 11.0. The predicted octanol–water partition coefficient (Wildman–Crippen LogP) is 2.67. The molecular weight excluding hydrogens is 287 g/mol. The Balaban J connectivity index is 0.00000180. The van der Waals surface area contributed by atoms with Crippen molar-refractivity contribution in [1.82, 2.24) is 5.32 Å². The molecule has 1 aromatic rings. The molecule has 2 rings (SSSR count). The molecule has 106 valence electrons. The van der Waals surface area contributed by atoms with E-state index in [9.17, 15) is 18.0 Å². The number of nitrogens with one attached hydrogen (secondary N) is 1. The van der Waals surface area contributed by atoms with E-state index in [4.69, 9.17) is 4.74 Å². The van der Waals surface area contributed by atoms with Crippen molar-refractivity contribution >= 4 is 18.5 Å². The Hall–Kier alpha value is -1.63. The van der Waals surface area contributed by atoms with Crippen molar-refractivity contribution in [3.63, 3.8) is 0 Å². The lowest BCUT2D eigenvalue weighted by atomic mass is 9.99. The quantitative estimate of drug-likeness (QED) is 0.913. The molecule has 0 bridgehead atoms. The second kappa shape index (κ2) is 5.56. The molecule has 0 spiro atoms. The summed E-state index contributed by atoms with van der Waals surface area (Å²) in [6.07, 6.45) is -0.975. The van der Waals surface area contributed by atoms with Crippen LogP contribution in [-0.4, -0.2) is 25.7 Å². The van der Waals surface area contributed by atoms with E-state index in [0.717, 1.165) is 12.1 Å². The van der Waals surface area contributed by atoms with E-state index in [-0.39, 0.29) is 23.7 Å². The minimum atomic E-state index is -3.34. The fourth-order valence-electron chi connectivity index (χ4n) is 1.75. The zero-order valence-corrected chi connectivity index (χ0v) is 10.6. The number of carbonyl (C=O) groups excluding carboxylic acids is 1. The highest BCUT2D eigenvalue weighted by Crippen LogP contribution is 2.38. The largest absolute Gasteiger partial charge is 0.496 e. The summed E-state index contributed by atoms with van der Waals surface area (Å²) in [5.41, 5.74) is -0.126. The van der Waals surface area contributed by atoms with Crippen LogP contribution >= 0.6 is 12.4 Å². The summed E-state index contributed by atoms with van der Waals surface area (Å²) >= 11 is 0. The van der Waals surface area contributed by atoms with Crippen LogP contribution < -0.4 is 10.1 Å². The van der Waals surface area contributed by atoms with E-state index in [1.165, 1.54) is 13.2 Å². The number of alkyl halides is 2. The van der Waals surface area contributed by atoms with Crippen molar-refractivity contribution in [3.8, 4) is 5.75 Å². The first-order valence-corrected chi connectivity index (χ1v) is 5.08. The van der Waals surface area contributed by atoms with Crippen LogP contribution in [0.25, 0.3) is 0 Å². The molecule has 19 heavy (non-hydrogen) atoms. The third kappa shape index (κ3) is 3.04. The molecule has 0 radical (unpaired) electrons. The van der Waals surface area contributed by atoms with Crippen LogP contribution in [0.1, 0.15) is 11.6 Å². The summed E-state index contributed by atoms with van der Waals surface area (Å²) in [6.45, 7) is -1.05. The van der Waals surface area contributed by atoms with Gasteiger partial charge in [0.1, 0.15) is 17.6 Å². The molecule has 0 aliphatic carbocycles. The number of amides is 1. The topological polar surface area (TPSA) is 47.6 Å². The molecular formula is C11H11ClF3NO3. The van der Waals surface area contributed by atoms with Crippen LogP contribution in [0.5, 0.6) is 5.75 Å². The number of rotatable bonds is 2.